The van der Waals surface area contributed by atoms with Crippen LogP contribution in [0.3, 0.4) is 0 Å². The van der Waals surface area contributed by atoms with Crippen molar-refractivity contribution in [2.45, 2.75) is 0 Å². The van der Waals surface area contributed by atoms with Gasteiger partial charge in [-0.05, 0) is 12.2 Å². The van der Waals surface area contributed by atoms with Crippen LogP contribution in [0.2, 0.25) is 0 Å². The van der Waals surface area contributed by atoms with Crippen LogP contribution in [-0.4, -0.2) is 5.11 Å². The van der Waals surface area contributed by atoms with E-state index in [1.165, 1.54) is 0 Å². The van der Waals surface area contributed by atoms with E-state index in [0.29, 0.717) is 0 Å². The van der Waals surface area contributed by atoms with Crippen molar-refractivity contribution in [1.82, 2.24) is 0 Å². The Kier molecular flexibility index (Phi) is 77.2. The zero-order valence-corrected chi connectivity index (χ0v) is 7.54. The molecule has 8 heavy (non-hydrogen) atoms. The topological polar surface area (TPSA) is 75.8 Å². The van der Waals surface area contributed by atoms with Crippen molar-refractivity contribution in [2.75, 3.05) is 0 Å². The molecule has 4 N–H and O–H groups in total. The Labute approximate surface area is 79.8 Å². The van der Waals surface area contributed by atoms with Crippen LogP contribution in [0.5, 0.6) is 0 Å². The molecule has 0 spiro atoms. The molecule has 0 saturated heterocycles. The number of hydrogen-bond acceptors (Lipinski definition) is 2. The summed E-state index contributed by atoms with van der Waals surface area (Å²) in [5, 5.41) is 6.25. The molecule has 0 aliphatic carbocycles. The van der Waals surface area contributed by atoms with E-state index in [2.05, 4.69) is 23.7 Å². The van der Waals surface area contributed by atoms with Crippen LogP contribution in [0.1, 0.15) is 0 Å². The van der Waals surface area contributed by atoms with E-state index >= 15 is 0 Å². The van der Waals surface area contributed by atoms with Gasteiger partial charge in [0.15, 0.2) is 5.11 Å². The van der Waals surface area contributed by atoms with Gasteiger partial charge in [-0.2, -0.15) is 0 Å². The predicted molar refractivity (Wildman–Crippen MR) is 25.9 cm³/mol. The molecular weight excluding hydrogens is 359 g/mol. The Hall–Kier alpha value is 0.440. The summed E-state index contributed by atoms with van der Waals surface area (Å²) in [6.07, 6.45) is 0. The van der Waals surface area contributed by atoms with Gasteiger partial charge in [-0.15, -0.1) is 0 Å². The molecule has 0 unspecified atom stereocenters. The van der Waals surface area contributed by atoms with Crippen molar-refractivity contribution in [1.29, 1.82) is 5.26 Å². The Morgan fingerprint density at radius 3 is 1.38 bits per heavy atom. The molecule has 0 fully saturated rings. The van der Waals surface area contributed by atoms with Gasteiger partial charge < -0.3 is 23.3 Å². The number of rotatable bonds is 0. The quantitative estimate of drug-likeness (QED) is 0.339. The molecule has 0 aromatic rings. The van der Waals surface area contributed by atoms with E-state index in [-0.39, 0.29) is 44.6 Å². The van der Waals surface area contributed by atoms with E-state index in [1.807, 2.05) is 0 Å². The molecule has 0 aromatic carbocycles. The van der Waals surface area contributed by atoms with E-state index in [1.54, 1.807) is 0 Å². The van der Waals surface area contributed by atoms with Crippen LogP contribution >= 0.6 is 12.2 Å². The predicted octanol–water partition coefficient (Wildman–Crippen LogP) is -0.720. The molecule has 0 bridgehead atoms. The standard InChI is InChI=1S/CH4N2S.CN.Au.Cu/c2-1(3)4;1-2;;/h(H4,2,3,4);;;/q;-1;2*+1. The second kappa shape index (κ2) is 26.1. The fraction of sp³-hybridized carbons (Fsp3) is 0. The molecule has 54 valence electrons. The van der Waals surface area contributed by atoms with Gasteiger partial charge in [0.2, 0.25) is 0 Å². The van der Waals surface area contributed by atoms with Crippen LogP contribution in [0.4, 0.5) is 0 Å². The Morgan fingerprint density at radius 2 is 1.38 bits per heavy atom. The Morgan fingerprint density at radius 1 is 1.38 bits per heavy atom. The van der Waals surface area contributed by atoms with Crippen molar-refractivity contribution in [2.24, 2.45) is 11.5 Å². The summed E-state index contributed by atoms with van der Waals surface area (Å²) in [7, 11) is 0. The molecule has 0 aliphatic rings. The molecule has 0 amide bonds. The largest absolute Gasteiger partial charge is 1.00 e. The summed E-state index contributed by atoms with van der Waals surface area (Å²) >= 11 is 4.09. The van der Waals surface area contributed by atoms with Gasteiger partial charge in [-0.25, -0.2) is 0 Å². The molecule has 3 nitrogen and oxygen atoms in total. The summed E-state index contributed by atoms with van der Waals surface area (Å²) < 4.78 is 0. The van der Waals surface area contributed by atoms with Gasteiger partial charge in [0.1, 0.15) is 0 Å². The average Bonchev–Trinajstić information content (AvgIpc) is 1.41. The van der Waals surface area contributed by atoms with Crippen molar-refractivity contribution in [3.63, 3.8) is 0 Å². The minimum atomic E-state index is 0. The van der Waals surface area contributed by atoms with E-state index in [4.69, 9.17) is 11.8 Å². The van der Waals surface area contributed by atoms with Gasteiger partial charge >= 0.3 is 39.4 Å². The zero-order valence-electron chi connectivity index (χ0n) is 3.61. The molecule has 0 rings (SSSR count). The fourth-order valence-electron chi connectivity index (χ4n) is 0. The molecule has 0 saturated carbocycles. The smallest absolute Gasteiger partial charge is 0.512 e. The third-order valence-corrected chi connectivity index (χ3v) is 0. The van der Waals surface area contributed by atoms with Gasteiger partial charge in [0.25, 0.3) is 0 Å². The van der Waals surface area contributed by atoms with Crippen molar-refractivity contribution >= 4 is 17.3 Å². The third-order valence-electron chi connectivity index (χ3n) is 0. The maximum atomic E-state index is 6.25. The number of hydrogen-bond donors (Lipinski definition) is 2. The monoisotopic (exact) mass is 362 g/mol. The maximum Gasteiger partial charge on any atom is 1.00 e. The van der Waals surface area contributed by atoms with Crippen LogP contribution in [0.25, 0.3) is 0 Å². The van der Waals surface area contributed by atoms with Crippen LogP contribution in [-0.2, 0) is 39.4 Å². The fourth-order valence-corrected chi connectivity index (χ4v) is 0. The zero-order chi connectivity index (χ0) is 5.58. The van der Waals surface area contributed by atoms with Gasteiger partial charge in [0.05, 0.1) is 0 Å². The number of thiocarbonyl (C=S) groups is 1. The summed E-state index contributed by atoms with van der Waals surface area (Å²) in [4.78, 5) is 0. The second-order valence-electron chi connectivity index (χ2n) is 0.402. The number of nitrogens with zero attached hydrogens (tertiary/aromatic N) is 1. The first-order valence-corrected chi connectivity index (χ1v) is 1.41. The first-order chi connectivity index (χ1) is 2.73. The van der Waals surface area contributed by atoms with Crippen molar-refractivity contribution in [3.8, 4) is 0 Å². The molecule has 6 heteroatoms. The minimum absolute atomic E-state index is 0. The molecule has 0 atom stereocenters. The van der Waals surface area contributed by atoms with E-state index < -0.39 is 0 Å². The number of nitrogens with two attached hydrogens (primary N) is 2. The Bertz CT molecular complexity index is 61.5. The molecule has 0 heterocycles. The first kappa shape index (κ1) is 23.7. The SMILES string of the molecule is NC(N)=S.[Au+].[C-]#N.[Cu+]. The Balaban J connectivity index is -0.0000000183. The van der Waals surface area contributed by atoms with Crippen LogP contribution < -0.4 is 11.5 Å². The van der Waals surface area contributed by atoms with Gasteiger partial charge in [-0.1, -0.05) is 0 Å². The van der Waals surface area contributed by atoms with E-state index in [0.717, 1.165) is 0 Å². The van der Waals surface area contributed by atoms with Crippen molar-refractivity contribution < 1.29 is 39.4 Å². The average molecular weight is 363 g/mol. The van der Waals surface area contributed by atoms with Crippen LogP contribution in [0.15, 0.2) is 0 Å². The van der Waals surface area contributed by atoms with Gasteiger partial charge in [-0.3, -0.25) is 0 Å². The van der Waals surface area contributed by atoms with Crippen molar-refractivity contribution in [3.05, 3.63) is 6.57 Å². The summed E-state index contributed by atoms with van der Waals surface area (Å²) in [6.45, 7) is 4.75. The summed E-state index contributed by atoms with van der Waals surface area (Å²) in [5.74, 6) is 0. The van der Waals surface area contributed by atoms with E-state index in [9.17, 15) is 0 Å². The first-order valence-electron chi connectivity index (χ1n) is 1.01. The minimum Gasteiger partial charge on any atom is -0.512 e. The molecule has 0 radical (unpaired) electrons. The van der Waals surface area contributed by atoms with Crippen LogP contribution in [0, 0.1) is 11.8 Å². The summed E-state index contributed by atoms with van der Waals surface area (Å²) in [5.41, 5.74) is 9.24. The van der Waals surface area contributed by atoms with Gasteiger partial charge in [0, 0.05) is 0 Å². The molecule has 0 aliphatic heterocycles. The third kappa shape index (κ3) is 985. The maximum absolute atomic E-state index is 6.25. The molecular formula is C2H4AuCuN3S+. The summed E-state index contributed by atoms with van der Waals surface area (Å²) in [6, 6.07) is 0. The normalized spacial score (nSPS) is 3.25. The molecule has 0 aromatic heterocycles. The second-order valence-corrected chi connectivity index (χ2v) is 0.874.